The highest BCUT2D eigenvalue weighted by Crippen LogP contribution is 2.40. The monoisotopic (exact) mass is 519 g/mol. The molecule has 0 heterocycles. The van der Waals surface area contributed by atoms with E-state index < -0.39 is 11.6 Å². The minimum atomic E-state index is -1.82. The zero-order chi connectivity index (χ0) is 26.7. The SMILES string of the molecule is CCN(CC)CCNC(=O)c1cc(Cl)c([NH3+])cc1OC.O=C([O-])C(O)(c1ccccc1)C1CCCC1. The van der Waals surface area contributed by atoms with Crippen LogP contribution in [0.1, 0.15) is 55.5 Å². The van der Waals surface area contributed by atoms with E-state index in [0.717, 1.165) is 45.3 Å². The zero-order valence-electron chi connectivity index (χ0n) is 21.4. The number of carbonyl (C=O) groups excluding carboxylic acids is 2. The molecule has 5 N–H and O–H groups in total. The van der Waals surface area contributed by atoms with Gasteiger partial charge >= 0.3 is 0 Å². The first-order valence-corrected chi connectivity index (χ1v) is 12.8. The summed E-state index contributed by atoms with van der Waals surface area (Å²) in [5.74, 6) is -1.30. The van der Waals surface area contributed by atoms with Crippen molar-refractivity contribution in [1.29, 1.82) is 0 Å². The van der Waals surface area contributed by atoms with Crippen LogP contribution in [0.5, 0.6) is 5.75 Å². The fourth-order valence-electron chi connectivity index (χ4n) is 4.46. The second kappa shape index (κ2) is 14.2. The summed E-state index contributed by atoms with van der Waals surface area (Å²) in [6.45, 7) is 7.55. The third-order valence-electron chi connectivity index (χ3n) is 6.69. The summed E-state index contributed by atoms with van der Waals surface area (Å²) in [5, 5.41) is 25.0. The normalized spacial score (nSPS) is 15.1. The minimum Gasteiger partial charge on any atom is -0.547 e. The molecular weight excluding hydrogens is 482 g/mol. The minimum absolute atomic E-state index is 0.184. The van der Waals surface area contributed by atoms with Crippen LogP contribution in [-0.2, 0) is 10.4 Å². The molecule has 1 aliphatic carbocycles. The number of nitrogens with one attached hydrogen (secondary N) is 1. The van der Waals surface area contributed by atoms with Crippen LogP contribution in [0.3, 0.4) is 0 Å². The summed E-state index contributed by atoms with van der Waals surface area (Å²) in [4.78, 5) is 25.6. The molecule has 8 nitrogen and oxygen atoms in total. The van der Waals surface area contributed by atoms with Gasteiger partial charge in [-0.1, -0.05) is 68.6 Å². The second-order valence-corrected chi connectivity index (χ2v) is 9.24. The Balaban J connectivity index is 0.000000259. The number of hydrogen-bond donors (Lipinski definition) is 3. The molecule has 0 saturated heterocycles. The molecular formula is C27H38ClN3O5. The van der Waals surface area contributed by atoms with Crippen LogP contribution >= 0.6 is 11.6 Å². The number of methoxy groups -OCH3 is 1. The number of carboxylic acid groups (broad SMARTS) is 1. The van der Waals surface area contributed by atoms with Crippen LogP contribution in [0.4, 0.5) is 5.69 Å². The van der Waals surface area contributed by atoms with Crippen LogP contribution in [-0.4, -0.2) is 55.2 Å². The average molecular weight is 520 g/mol. The fourth-order valence-corrected chi connectivity index (χ4v) is 4.62. The fraction of sp³-hybridized carbons (Fsp3) is 0.481. The van der Waals surface area contributed by atoms with E-state index in [1.807, 2.05) is 0 Å². The third-order valence-corrected chi connectivity index (χ3v) is 7.04. The quantitative estimate of drug-likeness (QED) is 0.441. The summed E-state index contributed by atoms with van der Waals surface area (Å²) < 4.78 is 5.20. The number of quaternary nitrogens is 1. The number of carbonyl (C=O) groups is 2. The Bertz CT molecular complexity index is 994. The van der Waals surface area contributed by atoms with Crippen molar-refractivity contribution in [2.24, 2.45) is 5.92 Å². The van der Waals surface area contributed by atoms with Gasteiger partial charge in [-0.3, -0.25) is 4.79 Å². The molecule has 1 aliphatic rings. The number of ether oxygens (including phenoxy) is 1. The Kier molecular flexibility index (Phi) is 11.7. The highest BCUT2D eigenvalue weighted by Gasteiger charge is 2.41. The van der Waals surface area contributed by atoms with Crippen molar-refractivity contribution in [3.8, 4) is 5.75 Å². The summed E-state index contributed by atoms with van der Waals surface area (Å²) in [6, 6.07) is 11.8. The third kappa shape index (κ3) is 7.43. The lowest BCUT2D eigenvalue weighted by Gasteiger charge is -2.35. The summed E-state index contributed by atoms with van der Waals surface area (Å²) in [6.07, 6.45) is 3.46. The van der Waals surface area contributed by atoms with E-state index in [-0.39, 0.29) is 11.8 Å². The highest BCUT2D eigenvalue weighted by atomic mass is 35.5. The number of aliphatic hydroxyl groups is 1. The Hall–Kier alpha value is -2.65. The van der Waals surface area contributed by atoms with Crippen molar-refractivity contribution in [3.63, 3.8) is 0 Å². The lowest BCUT2D eigenvalue weighted by atomic mass is 9.80. The van der Waals surface area contributed by atoms with Gasteiger partial charge in [0.25, 0.3) is 5.91 Å². The first-order chi connectivity index (χ1) is 17.2. The maximum Gasteiger partial charge on any atom is 0.255 e. The van der Waals surface area contributed by atoms with Crippen molar-refractivity contribution >= 4 is 29.2 Å². The van der Waals surface area contributed by atoms with E-state index in [9.17, 15) is 19.8 Å². The average Bonchev–Trinajstić information content (AvgIpc) is 3.43. The van der Waals surface area contributed by atoms with E-state index in [2.05, 4.69) is 29.8 Å². The molecule has 2 aromatic carbocycles. The zero-order valence-corrected chi connectivity index (χ0v) is 22.1. The Morgan fingerprint density at radius 2 is 1.81 bits per heavy atom. The van der Waals surface area contributed by atoms with E-state index in [0.29, 0.717) is 34.1 Å². The first kappa shape index (κ1) is 29.6. The molecule has 1 atom stereocenters. The highest BCUT2D eigenvalue weighted by molar-refractivity contribution is 6.33. The molecule has 198 valence electrons. The predicted octanol–water partition coefficient (Wildman–Crippen LogP) is 2.11. The van der Waals surface area contributed by atoms with Gasteiger partial charge in [0.2, 0.25) is 0 Å². The van der Waals surface area contributed by atoms with Gasteiger partial charge in [-0.05, 0) is 43.5 Å². The van der Waals surface area contributed by atoms with Gasteiger partial charge in [-0.2, -0.15) is 0 Å². The number of nitrogens with zero attached hydrogens (tertiary/aromatic N) is 1. The molecule has 1 fully saturated rings. The molecule has 9 heteroatoms. The van der Waals surface area contributed by atoms with Crippen molar-refractivity contribution in [2.45, 2.75) is 45.1 Å². The molecule has 0 aliphatic heterocycles. The second-order valence-electron chi connectivity index (χ2n) is 8.83. The van der Waals surface area contributed by atoms with Gasteiger partial charge in [0.15, 0.2) is 5.69 Å². The Labute approximate surface area is 218 Å². The molecule has 1 saturated carbocycles. The number of aliphatic carboxylic acids is 1. The molecule has 1 amide bonds. The largest absolute Gasteiger partial charge is 0.547 e. The molecule has 0 spiro atoms. The Morgan fingerprint density at radius 3 is 2.33 bits per heavy atom. The smallest absolute Gasteiger partial charge is 0.255 e. The number of benzene rings is 2. The van der Waals surface area contributed by atoms with E-state index in [1.165, 1.54) is 7.11 Å². The summed E-state index contributed by atoms with van der Waals surface area (Å²) >= 11 is 6.01. The molecule has 1 unspecified atom stereocenters. The van der Waals surface area contributed by atoms with Gasteiger partial charge in [0.05, 0.1) is 18.6 Å². The van der Waals surface area contributed by atoms with E-state index in [4.69, 9.17) is 16.3 Å². The predicted molar refractivity (Wildman–Crippen MR) is 138 cm³/mol. The lowest BCUT2D eigenvalue weighted by molar-refractivity contribution is -0.330. The molecule has 0 bridgehead atoms. The first-order valence-electron chi connectivity index (χ1n) is 12.4. The topological polar surface area (TPSA) is 130 Å². The van der Waals surface area contributed by atoms with Crippen LogP contribution in [0.2, 0.25) is 5.02 Å². The summed E-state index contributed by atoms with van der Waals surface area (Å²) in [7, 11) is 1.52. The van der Waals surface area contributed by atoms with Gasteiger partial charge in [-0.25, -0.2) is 0 Å². The van der Waals surface area contributed by atoms with Crippen LogP contribution < -0.4 is 20.9 Å². The van der Waals surface area contributed by atoms with Crippen LogP contribution in [0, 0.1) is 5.92 Å². The van der Waals surface area contributed by atoms with Crippen molar-refractivity contribution in [3.05, 3.63) is 58.6 Å². The van der Waals surface area contributed by atoms with E-state index in [1.54, 1.807) is 42.5 Å². The van der Waals surface area contributed by atoms with Gasteiger partial charge in [0.1, 0.15) is 16.4 Å². The number of hydrogen-bond acceptors (Lipinski definition) is 6. The number of carboxylic acids is 1. The van der Waals surface area contributed by atoms with Crippen LogP contribution in [0.15, 0.2) is 42.5 Å². The van der Waals surface area contributed by atoms with Crippen molar-refractivity contribution in [1.82, 2.24) is 10.2 Å². The molecule has 36 heavy (non-hydrogen) atoms. The Morgan fingerprint density at radius 1 is 1.19 bits per heavy atom. The standard InChI is InChI=1S/C14H22ClN3O2.C13H16O3/c1-4-18(5-2)7-6-17-14(19)10-8-11(15)12(16)9-13(10)20-3;14-12(15)13(16,11-8-4-5-9-11)10-6-2-1-3-7-10/h8-9H,4-7,16H2,1-3H3,(H,17,19);1-3,6-7,11,16H,4-5,8-9H2,(H,14,15). The maximum atomic E-state index is 12.2. The molecule has 2 aromatic rings. The maximum absolute atomic E-state index is 12.2. The molecule has 0 aromatic heterocycles. The van der Waals surface area contributed by atoms with Crippen molar-refractivity contribution in [2.75, 3.05) is 33.3 Å². The number of halogens is 1. The van der Waals surface area contributed by atoms with Crippen LogP contribution in [0.25, 0.3) is 0 Å². The van der Waals surface area contributed by atoms with Gasteiger partial charge in [0, 0.05) is 19.2 Å². The molecule has 3 rings (SSSR count). The van der Waals surface area contributed by atoms with Gasteiger partial charge in [-0.15, -0.1) is 0 Å². The van der Waals surface area contributed by atoms with Crippen molar-refractivity contribution < 1.29 is 30.3 Å². The number of rotatable bonds is 10. The molecule has 0 radical (unpaired) electrons. The number of likely N-dealkylation sites (N-methyl/N-ethyl adjacent to an activating group) is 1. The summed E-state index contributed by atoms with van der Waals surface area (Å²) in [5.41, 5.74) is 3.47. The number of amides is 1. The lowest BCUT2D eigenvalue weighted by Crippen LogP contribution is -2.50. The van der Waals surface area contributed by atoms with Gasteiger partial charge < -0.3 is 35.7 Å². The van der Waals surface area contributed by atoms with E-state index >= 15 is 0 Å².